The van der Waals surface area contributed by atoms with Crippen LogP contribution in [0.3, 0.4) is 0 Å². The van der Waals surface area contributed by atoms with Crippen molar-refractivity contribution in [2.45, 2.75) is 25.8 Å². The highest BCUT2D eigenvalue weighted by atomic mass is 32.1. The van der Waals surface area contributed by atoms with Crippen LogP contribution in [0.2, 0.25) is 0 Å². The number of thiophene rings is 1. The van der Waals surface area contributed by atoms with Crippen LogP contribution in [0.4, 0.5) is 0 Å². The first-order chi connectivity index (χ1) is 18.1. The van der Waals surface area contributed by atoms with Crippen LogP contribution in [0, 0.1) is 0 Å². The van der Waals surface area contributed by atoms with Crippen LogP contribution in [0.1, 0.15) is 35.7 Å². The van der Waals surface area contributed by atoms with Crippen molar-refractivity contribution in [3.8, 4) is 28.7 Å². The van der Waals surface area contributed by atoms with E-state index in [9.17, 15) is 4.79 Å². The van der Waals surface area contributed by atoms with Crippen LogP contribution in [0.25, 0.3) is 11.5 Å². The first-order valence-corrected chi connectivity index (χ1v) is 12.7. The van der Waals surface area contributed by atoms with E-state index < -0.39 is 0 Å². The van der Waals surface area contributed by atoms with Crippen molar-refractivity contribution >= 4 is 23.0 Å². The fraction of sp³-hybridized carbons (Fsp3) is 0.259. The molecule has 0 fully saturated rings. The molecule has 10 heteroatoms. The predicted molar refractivity (Wildman–Crippen MR) is 139 cm³/mol. The summed E-state index contributed by atoms with van der Waals surface area (Å²) in [5, 5.41) is 16.2. The Morgan fingerprint density at radius 3 is 2.57 bits per heavy atom. The van der Waals surface area contributed by atoms with Gasteiger partial charge in [0.25, 0.3) is 5.91 Å². The lowest BCUT2D eigenvalue weighted by atomic mass is 10.0. The first kappa shape index (κ1) is 24.5. The maximum Gasteiger partial charge on any atom is 0.281 e. The van der Waals surface area contributed by atoms with Crippen molar-refractivity contribution in [2.24, 2.45) is 5.10 Å². The van der Waals surface area contributed by atoms with Gasteiger partial charge in [-0.15, -0.1) is 21.5 Å². The van der Waals surface area contributed by atoms with Gasteiger partial charge in [-0.1, -0.05) is 19.1 Å². The number of rotatable bonds is 9. The number of carbonyl (C=O) groups excluding carboxylic acids is 1. The lowest BCUT2D eigenvalue weighted by Gasteiger charge is -2.23. The molecule has 2 aromatic heterocycles. The van der Waals surface area contributed by atoms with E-state index in [-0.39, 0.29) is 18.6 Å². The van der Waals surface area contributed by atoms with Gasteiger partial charge in [-0.05, 0) is 53.4 Å². The predicted octanol–water partition coefficient (Wildman–Crippen LogP) is 5.13. The molecule has 190 valence electrons. The molecule has 5 rings (SSSR count). The summed E-state index contributed by atoms with van der Waals surface area (Å²) in [5.41, 5.74) is 2.54. The monoisotopic (exact) mass is 518 g/mol. The Hall–Kier alpha value is -4.18. The molecule has 1 amide bonds. The van der Waals surface area contributed by atoms with Crippen LogP contribution in [0.15, 0.2) is 69.5 Å². The Bertz CT molecular complexity index is 1400. The minimum Gasteiger partial charge on any atom is -0.493 e. The Morgan fingerprint density at radius 2 is 1.89 bits per heavy atom. The van der Waals surface area contributed by atoms with Crippen LogP contribution >= 0.6 is 11.3 Å². The van der Waals surface area contributed by atoms with E-state index in [4.69, 9.17) is 23.7 Å². The lowest BCUT2D eigenvalue weighted by molar-refractivity contribution is -0.135. The molecule has 3 heterocycles. The summed E-state index contributed by atoms with van der Waals surface area (Å²) in [5.74, 6) is 2.56. The second-order valence-corrected chi connectivity index (χ2v) is 9.21. The highest BCUT2D eigenvalue weighted by Gasteiger charge is 2.34. The number of benzene rings is 2. The van der Waals surface area contributed by atoms with E-state index in [1.165, 1.54) is 5.01 Å². The van der Waals surface area contributed by atoms with E-state index >= 15 is 0 Å². The van der Waals surface area contributed by atoms with Gasteiger partial charge in [0.05, 0.1) is 30.9 Å². The second-order valence-electron chi connectivity index (χ2n) is 8.26. The Balaban J connectivity index is 1.33. The lowest BCUT2D eigenvalue weighted by Crippen LogP contribution is -2.31. The maximum absolute atomic E-state index is 13.3. The molecule has 0 spiro atoms. The largest absolute Gasteiger partial charge is 0.493 e. The number of carbonyl (C=O) groups is 1. The molecule has 1 atom stereocenters. The van der Waals surface area contributed by atoms with E-state index in [0.29, 0.717) is 41.9 Å². The number of nitrogens with zero attached hydrogens (tertiary/aromatic N) is 4. The van der Waals surface area contributed by atoms with Crippen LogP contribution in [-0.2, 0) is 11.2 Å². The molecule has 1 aliphatic heterocycles. The molecule has 0 aliphatic carbocycles. The van der Waals surface area contributed by atoms with Crippen molar-refractivity contribution in [3.63, 3.8) is 0 Å². The van der Waals surface area contributed by atoms with Crippen molar-refractivity contribution in [1.29, 1.82) is 0 Å². The highest BCUT2D eigenvalue weighted by Crippen LogP contribution is 2.38. The van der Waals surface area contributed by atoms with Gasteiger partial charge in [0, 0.05) is 18.4 Å². The zero-order valence-electron chi connectivity index (χ0n) is 20.7. The zero-order valence-corrected chi connectivity index (χ0v) is 21.5. The summed E-state index contributed by atoms with van der Waals surface area (Å²) < 4.78 is 22.3. The average molecular weight is 519 g/mol. The number of ether oxygens (including phenoxy) is 3. The van der Waals surface area contributed by atoms with E-state index in [0.717, 1.165) is 21.7 Å². The smallest absolute Gasteiger partial charge is 0.281 e. The molecule has 1 aliphatic rings. The third-order valence-corrected chi connectivity index (χ3v) is 6.92. The quantitative estimate of drug-likeness (QED) is 0.303. The molecule has 37 heavy (non-hydrogen) atoms. The third-order valence-electron chi connectivity index (χ3n) is 6.00. The molecule has 0 bridgehead atoms. The number of hydrazone groups is 1. The third kappa shape index (κ3) is 5.19. The molecular formula is C27H26N4O5S. The first-order valence-electron chi connectivity index (χ1n) is 11.8. The zero-order chi connectivity index (χ0) is 25.8. The average Bonchev–Trinajstić information content (AvgIpc) is 3.72. The summed E-state index contributed by atoms with van der Waals surface area (Å²) >= 11 is 1.60. The normalized spacial score (nSPS) is 14.9. The summed E-state index contributed by atoms with van der Waals surface area (Å²) in [4.78, 5) is 14.4. The molecule has 1 unspecified atom stereocenters. The van der Waals surface area contributed by atoms with Gasteiger partial charge in [-0.3, -0.25) is 4.79 Å². The van der Waals surface area contributed by atoms with Crippen LogP contribution in [0.5, 0.6) is 17.2 Å². The Morgan fingerprint density at radius 1 is 1.08 bits per heavy atom. The minimum absolute atomic E-state index is 0.162. The molecular weight excluding hydrogens is 492 g/mol. The molecule has 2 aromatic carbocycles. The Kier molecular flexibility index (Phi) is 7.18. The number of aryl methyl sites for hydroxylation is 1. The minimum atomic E-state index is -0.291. The maximum atomic E-state index is 13.3. The molecule has 9 nitrogen and oxygen atoms in total. The van der Waals surface area contributed by atoms with E-state index in [1.54, 1.807) is 37.7 Å². The topological polar surface area (TPSA) is 99.3 Å². The number of methoxy groups -OCH3 is 2. The van der Waals surface area contributed by atoms with Gasteiger partial charge in [-0.25, -0.2) is 5.01 Å². The fourth-order valence-electron chi connectivity index (χ4n) is 4.07. The summed E-state index contributed by atoms with van der Waals surface area (Å²) in [6, 6.07) is 16.5. The SMILES string of the molecule is CCc1nnc(-c2ccc(OCC(=O)N3N=C(c4cccs4)CC3c3ccc(OC)c(OC)c3)cc2)o1. The number of hydrogen-bond acceptors (Lipinski definition) is 9. The number of amides is 1. The van der Waals surface area contributed by atoms with Gasteiger partial charge in [0.1, 0.15) is 5.75 Å². The van der Waals surface area contributed by atoms with Gasteiger partial charge in [0.2, 0.25) is 11.8 Å². The van der Waals surface area contributed by atoms with Gasteiger partial charge in [0.15, 0.2) is 18.1 Å². The van der Waals surface area contributed by atoms with E-state index in [2.05, 4.69) is 10.2 Å². The van der Waals surface area contributed by atoms with Gasteiger partial charge < -0.3 is 18.6 Å². The standard InChI is InChI=1S/C27H26N4O5S/c1-4-25-28-29-27(36-25)17-7-10-19(11-8-17)35-16-26(32)31-21(15-20(30-31)24-6-5-13-37-24)18-9-12-22(33-2)23(14-18)34-3/h5-14,21H,4,15-16H2,1-3H3. The van der Waals surface area contributed by atoms with Gasteiger partial charge in [-0.2, -0.15) is 5.10 Å². The van der Waals surface area contributed by atoms with Crippen molar-refractivity contribution in [2.75, 3.05) is 20.8 Å². The van der Waals surface area contributed by atoms with Crippen molar-refractivity contribution in [3.05, 3.63) is 76.3 Å². The fourth-order valence-corrected chi connectivity index (χ4v) is 4.79. The number of aromatic nitrogens is 2. The van der Waals surface area contributed by atoms with Gasteiger partial charge >= 0.3 is 0 Å². The molecule has 4 aromatic rings. The molecule has 0 radical (unpaired) electrons. The molecule has 0 N–H and O–H groups in total. The summed E-state index contributed by atoms with van der Waals surface area (Å²) in [6.07, 6.45) is 1.26. The molecule has 0 saturated heterocycles. The number of hydrogen-bond donors (Lipinski definition) is 0. The highest BCUT2D eigenvalue weighted by molar-refractivity contribution is 7.12. The van der Waals surface area contributed by atoms with Crippen molar-refractivity contribution in [1.82, 2.24) is 15.2 Å². The van der Waals surface area contributed by atoms with Crippen LogP contribution in [-0.4, -0.2) is 47.7 Å². The second kappa shape index (κ2) is 10.8. The molecule has 0 saturated carbocycles. The van der Waals surface area contributed by atoms with Crippen LogP contribution < -0.4 is 14.2 Å². The van der Waals surface area contributed by atoms with E-state index in [1.807, 2.05) is 54.8 Å². The Labute approximate surface area is 218 Å². The van der Waals surface area contributed by atoms with Crippen molar-refractivity contribution < 1.29 is 23.4 Å². The summed E-state index contributed by atoms with van der Waals surface area (Å²) in [7, 11) is 3.18. The summed E-state index contributed by atoms with van der Waals surface area (Å²) in [6.45, 7) is 1.79.